The normalized spacial score (nSPS) is 12.7. The van der Waals surface area contributed by atoms with Crippen LogP contribution in [0.4, 0.5) is 17.1 Å². The van der Waals surface area contributed by atoms with Crippen molar-refractivity contribution in [2.24, 2.45) is 0 Å². The second-order valence-electron chi connectivity index (χ2n) is 17.6. The van der Waals surface area contributed by atoms with E-state index >= 15 is 0 Å². The first-order chi connectivity index (χ1) is 33.2. The lowest BCUT2D eigenvalue weighted by atomic mass is 9.67. The molecule has 0 aromatic heterocycles. The first-order valence-electron chi connectivity index (χ1n) is 23.1. The van der Waals surface area contributed by atoms with Crippen LogP contribution in [0.3, 0.4) is 0 Å². The molecule has 0 saturated carbocycles. The van der Waals surface area contributed by atoms with Crippen molar-refractivity contribution in [2.75, 3.05) is 4.90 Å². The summed E-state index contributed by atoms with van der Waals surface area (Å²) in [6.07, 6.45) is 0. The molecule has 2 aliphatic rings. The molecule has 0 fully saturated rings. The Morgan fingerprint density at radius 1 is 0.284 bits per heavy atom. The van der Waals surface area contributed by atoms with Crippen LogP contribution in [0.15, 0.2) is 261 Å². The van der Waals surface area contributed by atoms with Gasteiger partial charge in [0.25, 0.3) is 0 Å². The molecule has 1 aliphatic carbocycles. The third kappa shape index (κ3) is 6.26. The van der Waals surface area contributed by atoms with Crippen molar-refractivity contribution >= 4 is 27.8 Å². The summed E-state index contributed by atoms with van der Waals surface area (Å²) in [4.78, 5) is 2.40. The molecule has 0 amide bonds. The first-order valence-corrected chi connectivity index (χ1v) is 23.1. The Bertz CT molecular complexity index is 3600. The molecule has 1 aliphatic heterocycles. The Hall–Kier alpha value is -8.72. The van der Waals surface area contributed by atoms with Gasteiger partial charge in [0.05, 0.1) is 5.41 Å². The molecule has 13 rings (SSSR count). The molecule has 0 bridgehead atoms. The van der Waals surface area contributed by atoms with Crippen LogP contribution in [-0.2, 0) is 5.41 Å². The monoisotopic (exact) mass is 853 g/mol. The Balaban J connectivity index is 1.05. The molecule has 2 heteroatoms. The van der Waals surface area contributed by atoms with Gasteiger partial charge in [0, 0.05) is 39.8 Å². The number of rotatable bonds is 7. The first kappa shape index (κ1) is 38.7. The van der Waals surface area contributed by atoms with Crippen LogP contribution in [-0.4, -0.2) is 0 Å². The third-order valence-corrected chi connectivity index (χ3v) is 13.9. The molecular formula is C65H43NO. The van der Waals surface area contributed by atoms with Gasteiger partial charge in [-0.25, -0.2) is 0 Å². The highest BCUT2D eigenvalue weighted by atomic mass is 16.5. The second-order valence-corrected chi connectivity index (χ2v) is 17.6. The lowest BCUT2D eigenvalue weighted by molar-refractivity contribution is 0.488. The topological polar surface area (TPSA) is 12.5 Å². The van der Waals surface area contributed by atoms with Crippen molar-refractivity contribution < 1.29 is 4.74 Å². The molecule has 0 spiro atoms. The molecule has 0 atom stereocenters. The van der Waals surface area contributed by atoms with Gasteiger partial charge < -0.3 is 9.64 Å². The fourth-order valence-electron chi connectivity index (χ4n) is 11.0. The molecule has 0 unspecified atom stereocenters. The predicted molar refractivity (Wildman–Crippen MR) is 278 cm³/mol. The van der Waals surface area contributed by atoms with Gasteiger partial charge in [-0.05, 0) is 121 Å². The summed E-state index contributed by atoms with van der Waals surface area (Å²) in [6.45, 7) is 0. The van der Waals surface area contributed by atoms with Crippen molar-refractivity contribution in [2.45, 2.75) is 5.41 Å². The Kier molecular flexibility index (Phi) is 9.11. The minimum absolute atomic E-state index is 0.547. The van der Waals surface area contributed by atoms with Gasteiger partial charge in [-0.3, -0.25) is 0 Å². The summed E-state index contributed by atoms with van der Waals surface area (Å²) in [5.74, 6) is 1.64. The fourth-order valence-corrected chi connectivity index (χ4v) is 11.0. The molecule has 0 radical (unpaired) electrons. The highest BCUT2D eigenvalue weighted by Crippen LogP contribution is 2.58. The maximum absolute atomic E-state index is 7.26. The van der Waals surface area contributed by atoms with Crippen LogP contribution in [0.2, 0.25) is 0 Å². The van der Waals surface area contributed by atoms with Crippen LogP contribution in [0.25, 0.3) is 66.4 Å². The van der Waals surface area contributed by atoms with E-state index in [1.807, 2.05) is 0 Å². The van der Waals surface area contributed by atoms with Crippen LogP contribution in [0, 0.1) is 0 Å². The minimum Gasteiger partial charge on any atom is -0.456 e. The predicted octanol–water partition coefficient (Wildman–Crippen LogP) is 17.4. The van der Waals surface area contributed by atoms with E-state index in [2.05, 4.69) is 266 Å². The fraction of sp³-hybridized carbons (Fsp3) is 0.0154. The van der Waals surface area contributed by atoms with Gasteiger partial charge in [0.2, 0.25) is 0 Å². The summed E-state index contributed by atoms with van der Waals surface area (Å²) in [7, 11) is 0. The van der Waals surface area contributed by atoms with Gasteiger partial charge in [0.15, 0.2) is 0 Å². The van der Waals surface area contributed by atoms with E-state index in [-0.39, 0.29) is 0 Å². The number of benzene rings is 11. The largest absolute Gasteiger partial charge is 0.456 e. The van der Waals surface area contributed by atoms with Gasteiger partial charge in [0.1, 0.15) is 11.5 Å². The average molecular weight is 854 g/mol. The van der Waals surface area contributed by atoms with Crippen LogP contribution >= 0.6 is 0 Å². The Morgan fingerprint density at radius 2 is 0.776 bits per heavy atom. The quantitative estimate of drug-likeness (QED) is 0.158. The summed E-state index contributed by atoms with van der Waals surface area (Å²) in [5.41, 5.74) is 19.2. The smallest absolute Gasteiger partial charge is 0.137 e. The SMILES string of the molecule is c1ccc(-c2ccc(N(c3ccc4c(c3)Oc3cc5ccccc5cc3-c3cccc(-c5ccccc5)c3-4)c3ccc4c(c3)C(c3ccccc3)(c3ccccc3)c3ccccc3-4)cc2)cc1. The molecule has 1 heterocycles. The van der Waals surface area contributed by atoms with E-state index in [4.69, 9.17) is 4.74 Å². The number of fused-ring (bicyclic) bond motifs is 9. The van der Waals surface area contributed by atoms with Crippen molar-refractivity contribution in [3.05, 3.63) is 283 Å². The molecular weight excluding hydrogens is 811 g/mol. The van der Waals surface area contributed by atoms with Crippen molar-refractivity contribution in [1.29, 1.82) is 0 Å². The van der Waals surface area contributed by atoms with Crippen molar-refractivity contribution in [3.63, 3.8) is 0 Å². The molecule has 2 nitrogen and oxygen atoms in total. The van der Waals surface area contributed by atoms with E-state index in [9.17, 15) is 0 Å². The lowest BCUT2D eigenvalue weighted by Gasteiger charge is -2.35. The molecule has 11 aromatic carbocycles. The number of hydrogen-bond donors (Lipinski definition) is 0. The van der Waals surface area contributed by atoms with Crippen molar-refractivity contribution in [3.8, 4) is 67.1 Å². The maximum Gasteiger partial charge on any atom is 0.137 e. The molecule has 314 valence electrons. The van der Waals surface area contributed by atoms with E-state index in [1.165, 1.54) is 61.0 Å². The standard InChI is InChI=1S/C65H43NO/c1-5-18-44(19-6-1)45-32-34-51(35-33-45)66(52-36-38-56-55-28-15-16-31-60(55)65(61(56)42-52,49-24-9-3-10-25-49)50-26-11-4-12-27-50)53-37-39-58-63(43-53)67-62-41-48-23-14-13-22-47(48)40-59(62)57-30-17-29-54(64(57)58)46-20-7-2-8-21-46/h1-43H. The molecule has 67 heavy (non-hydrogen) atoms. The summed E-state index contributed by atoms with van der Waals surface area (Å²) in [5, 5.41) is 2.32. The maximum atomic E-state index is 7.26. The van der Waals surface area contributed by atoms with Gasteiger partial charge in [-0.15, -0.1) is 0 Å². The van der Waals surface area contributed by atoms with Crippen LogP contribution in [0.1, 0.15) is 22.3 Å². The summed E-state index contributed by atoms with van der Waals surface area (Å²) in [6, 6.07) is 94.9. The van der Waals surface area contributed by atoms with Gasteiger partial charge in [-0.1, -0.05) is 206 Å². The number of anilines is 3. The average Bonchev–Trinajstić information content (AvgIpc) is 3.62. The highest BCUT2D eigenvalue weighted by Gasteiger charge is 2.46. The molecule has 0 saturated heterocycles. The number of hydrogen-bond acceptors (Lipinski definition) is 2. The van der Waals surface area contributed by atoms with Crippen molar-refractivity contribution in [1.82, 2.24) is 0 Å². The molecule has 0 N–H and O–H groups in total. The van der Waals surface area contributed by atoms with E-state index in [0.29, 0.717) is 0 Å². The van der Waals surface area contributed by atoms with Gasteiger partial charge in [-0.2, -0.15) is 0 Å². The number of ether oxygens (including phenoxy) is 1. The highest BCUT2D eigenvalue weighted by molar-refractivity contribution is 6.02. The van der Waals surface area contributed by atoms with E-state index < -0.39 is 5.41 Å². The second kappa shape index (κ2) is 15.8. The van der Waals surface area contributed by atoms with Crippen LogP contribution < -0.4 is 9.64 Å². The summed E-state index contributed by atoms with van der Waals surface area (Å²) < 4.78 is 7.26. The number of nitrogens with zero attached hydrogens (tertiary/aromatic N) is 1. The third-order valence-electron chi connectivity index (χ3n) is 13.9. The van der Waals surface area contributed by atoms with Gasteiger partial charge >= 0.3 is 0 Å². The zero-order chi connectivity index (χ0) is 44.3. The minimum atomic E-state index is -0.547. The Morgan fingerprint density at radius 3 is 1.48 bits per heavy atom. The van der Waals surface area contributed by atoms with E-state index in [1.54, 1.807) is 0 Å². The summed E-state index contributed by atoms with van der Waals surface area (Å²) >= 11 is 0. The van der Waals surface area contributed by atoms with E-state index in [0.717, 1.165) is 56.2 Å². The Labute approximate surface area is 391 Å². The van der Waals surface area contributed by atoms with Crippen LogP contribution in [0.5, 0.6) is 11.5 Å². The molecule has 11 aromatic rings. The lowest BCUT2D eigenvalue weighted by Crippen LogP contribution is -2.28. The zero-order valence-electron chi connectivity index (χ0n) is 36.7. The zero-order valence-corrected chi connectivity index (χ0v) is 36.7.